The molecule has 3 saturated heterocycles. The Morgan fingerprint density at radius 3 is 2.54 bits per heavy atom. The van der Waals surface area contributed by atoms with Crippen molar-refractivity contribution in [3.63, 3.8) is 0 Å². The summed E-state index contributed by atoms with van der Waals surface area (Å²) in [5.74, 6) is -2.74. The van der Waals surface area contributed by atoms with Crippen molar-refractivity contribution in [3.05, 3.63) is 48.6 Å². The summed E-state index contributed by atoms with van der Waals surface area (Å²) >= 11 is 0. The van der Waals surface area contributed by atoms with Crippen LogP contribution in [0.3, 0.4) is 0 Å². The number of aliphatic hydroxyl groups excluding tert-OH is 1. The molecule has 1 N–H and O–H groups in total. The SMILES string of the molecule is C=CCN(Cc1ccccc1)C(=O)C1N([C@@H](CO)C(C)C)C(=O)[C@@H]2[C@H](C(=O)OCC)[C@]3(CC)CCC12O3. The maximum absolute atomic E-state index is 14.5. The molecule has 2 amide bonds. The first kappa shape index (κ1) is 27.3. The highest BCUT2D eigenvalue weighted by molar-refractivity contribution is 5.98. The number of aliphatic hydroxyl groups is 1. The van der Waals surface area contributed by atoms with Gasteiger partial charge in [-0.3, -0.25) is 14.4 Å². The maximum atomic E-state index is 14.5. The van der Waals surface area contributed by atoms with Gasteiger partial charge in [0.05, 0.1) is 30.8 Å². The molecule has 1 spiro atoms. The summed E-state index contributed by atoms with van der Waals surface area (Å²) in [6, 6.07) is 8.11. The van der Waals surface area contributed by atoms with E-state index in [-0.39, 0.29) is 30.9 Å². The molecule has 0 aliphatic carbocycles. The van der Waals surface area contributed by atoms with E-state index in [0.29, 0.717) is 32.4 Å². The molecule has 0 radical (unpaired) electrons. The molecule has 0 aromatic heterocycles. The summed E-state index contributed by atoms with van der Waals surface area (Å²) in [7, 11) is 0. The fraction of sp³-hybridized carbons (Fsp3) is 0.621. The van der Waals surface area contributed by atoms with E-state index < -0.39 is 41.1 Å². The first-order valence-electron chi connectivity index (χ1n) is 13.4. The van der Waals surface area contributed by atoms with Gasteiger partial charge in [-0.05, 0) is 37.7 Å². The molecular formula is C29H40N2O6. The van der Waals surface area contributed by atoms with Gasteiger partial charge in [0.15, 0.2) is 0 Å². The Bertz CT molecular complexity index is 1030. The first-order chi connectivity index (χ1) is 17.7. The molecule has 2 unspecified atom stereocenters. The van der Waals surface area contributed by atoms with E-state index in [2.05, 4.69) is 6.58 Å². The van der Waals surface area contributed by atoms with Crippen molar-refractivity contribution >= 4 is 17.8 Å². The number of carbonyl (C=O) groups excluding carboxylic acids is 3. The molecule has 6 atom stereocenters. The Labute approximate surface area is 219 Å². The van der Waals surface area contributed by atoms with Crippen molar-refractivity contribution in [1.82, 2.24) is 9.80 Å². The zero-order chi connectivity index (χ0) is 27.0. The molecule has 202 valence electrons. The fourth-order valence-electron chi connectivity index (χ4n) is 6.87. The van der Waals surface area contributed by atoms with E-state index in [0.717, 1.165) is 5.56 Å². The molecule has 2 bridgehead atoms. The number of nitrogens with zero attached hydrogens (tertiary/aromatic N) is 2. The number of carbonyl (C=O) groups is 3. The molecule has 8 nitrogen and oxygen atoms in total. The summed E-state index contributed by atoms with van der Waals surface area (Å²) in [5.41, 5.74) is -1.04. The van der Waals surface area contributed by atoms with E-state index in [9.17, 15) is 19.5 Å². The molecule has 3 fully saturated rings. The Balaban J connectivity index is 1.82. The van der Waals surface area contributed by atoms with E-state index >= 15 is 0 Å². The molecule has 3 heterocycles. The second kappa shape index (κ2) is 10.6. The Hall–Kier alpha value is -2.71. The number of hydrogen-bond donors (Lipinski definition) is 1. The summed E-state index contributed by atoms with van der Waals surface area (Å²) < 4.78 is 12.2. The number of esters is 1. The van der Waals surface area contributed by atoms with Gasteiger partial charge in [-0.2, -0.15) is 0 Å². The zero-order valence-electron chi connectivity index (χ0n) is 22.4. The average Bonchev–Trinajstić information content (AvgIpc) is 3.48. The van der Waals surface area contributed by atoms with Gasteiger partial charge in [0.2, 0.25) is 11.8 Å². The van der Waals surface area contributed by atoms with E-state index in [4.69, 9.17) is 9.47 Å². The van der Waals surface area contributed by atoms with E-state index in [1.54, 1.807) is 17.9 Å². The Kier molecular flexibility index (Phi) is 7.81. The smallest absolute Gasteiger partial charge is 0.312 e. The van der Waals surface area contributed by atoms with Gasteiger partial charge < -0.3 is 24.4 Å². The predicted molar refractivity (Wildman–Crippen MR) is 138 cm³/mol. The van der Waals surface area contributed by atoms with Crippen molar-refractivity contribution in [3.8, 4) is 0 Å². The highest BCUT2D eigenvalue weighted by Crippen LogP contribution is 2.65. The number of hydrogen-bond acceptors (Lipinski definition) is 6. The van der Waals surface area contributed by atoms with Crippen LogP contribution in [-0.4, -0.2) is 75.7 Å². The molecule has 37 heavy (non-hydrogen) atoms. The predicted octanol–water partition coefficient (Wildman–Crippen LogP) is 2.94. The molecule has 0 saturated carbocycles. The van der Waals surface area contributed by atoms with Crippen molar-refractivity contribution in [2.45, 2.75) is 76.8 Å². The molecule has 1 aromatic rings. The van der Waals surface area contributed by atoms with Crippen LogP contribution in [0.1, 0.15) is 52.5 Å². The Morgan fingerprint density at radius 2 is 1.97 bits per heavy atom. The van der Waals surface area contributed by atoms with Crippen LogP contribution in [0.25, 0.3) is 0 Å². The molecular weight excluding hydrogens is 472 g/mol. The number of likely N-dealkylation sites (tertiary alicyclic amines) is 1. The van der Waals surface area contributed by atoms with Crippen LogP contribution in [0.2, 0.25) is 0 Å². The maximum Gasteiger partial charge on any atom is 0.312 e. The number of fused-ring (bicyclic) bond motifs is 1. The van der Waals surface area contributed by atoms with E-state index in [1.807, 2.05) is 51.1 Å². The molecule has 3 aliphatic heterocycles. The monoisotopic (exact) mass is 512 g/mol. The van der Waals surface area contributed by atoms with Crippen molar-refractivity contribution < 1.29 is 29.0 Å². The lowest BCUT2D eigenvalue weighted by molar-refractivity contribution is -0.164. The summed E-state index contributed by atoms with van der Waals surface area (Å²) in [6.45, 7) is 11.9. The number of ether oxygens (including phenoxy) is 2. The zero-order valence-corrected chi connectivity index (χ0v) is 22.4. The summed E-state index contributed by atoms with van der Waals surface area (Å²) in [5, 5.41) is 10.4. The van der Waals surface area contributed by atoms with Gasteiger partial charge in [-0.25, -0.2) is 0 Å². The lowest BCUT2D eigenvalue weighted by Crippen LogP contribution is -2.59. The molecule has 1 aromatic carbocycles. The quantitative estimate of drug-likeness (QED) is 0.362. The molecule has 4 rings (SSSR count). The van der Waals surface area contributed by atoms with Gasteiger partial charge >= 0.3 is 5.97 Å². The van der Waals surface area contributed by atoms with Crippen LogP contribution < -0.4 is 0 Å². The van der Waals surface area contributed by atoms with Crippen LogP contribution in [0.4, 0.5) is 0 Å². The third-order valence-electron chi connectivity index (χ3n) is 8.58. The topological polar surface area (TPSA) is 96.4 Å². The summed E-state index contributed by atoms with van der Waals surface area (Å²) in [6.07, 6.45) is 3.27. The fourth-order valence-corrected chi connectivity index (χ4v) is 6.87. The van der Waals surface area contributed by atoms with Gasteiger partial charge in [-0.1, -0.05) is 57.2 Å². The standard InChI is InChI=1S/C29H40N2O6/c1-6-16-30(17-20-12-10-9-11-13-20)26(34)24-29-15-14-28(7-2,37-29)23(27(35)36-8-3)22(29)25(33)31(24)21(18-32)19(4)5/h6,9-13,19,21-24,32H,1,7-8,14-18H2,2-5H3/t21-,22-,23+,24?,28-,29?/m0/s1. The van der Waals surface area contributed by atoms with Gasteiger partial charge in [0.1, 0.15) is 17.6 Å². The third kappa shape index (κ3) is 4.28. The third-order valence-corrected chi connectivity index (χ3v) is 8.58. The van der Waals surface area contributed by atoms with Crippen molar-refractivity contribution in [2.24, 2.45) is 17.8 Å². The van der Waals surface area contributed by atoms with Crippen LogP contribution >= 0.6 is 0 Å². The Morgan fingerprint density at radius 1 is 1.27 bits per heavy atom. The highest BCUT2D eigenvalue weighted by atomic mass is 16.6. The lowest BCUT2D eigenvalue weighted by Gasteiger charge is -2.40. The van der Waals surface area contributed by atoms with Crippen LogP contribution in [0, 0.1) is 17.8 Å². The minimum atomic E-state index is -1.15. The van der Waals surface area contributed by atoms with Crippen molar-refractivity contribution in [2.75, 3.05) is 19.8 Å². The number of benzene rings is 1. The average molecular weight is 513 g/mol. The van der Waals surface area contributed by atoms with Crippen LogP contribution in [0.15, 0.2) is 43.0 Å². The highest BCUT2D eigenvalue weighted by Gasteiger charge is 2.79. The van der Waals surface area contributed by atoms with Gasteiger partial charge in [0.25, 0.3) is 0 Å². The van der Waals surface area contributed by atoms with Crippen LogP contribution in [-0.2, 0) is 30.4 Å². The minimum absolute atomic E-state index is 0.111. The second-order valence-corrected chi connectivity index (χ2v) is 10.8. The first-order valence-corrected chi connectivity index (χ1v) is 13.4. The number of rotatable bonds is 11. The summed E-state index contributed by atoms with van der Waals surface area (Å²) in [4.78, 5) is 45.2. The number of amides is 2. The van der Waals surface area contributed by atoms with Gasteiger partial charge in [0, 0.05) is 13.1 Å². The van der Waals surface area contributed by atoms with E-state index in [1.165, 1.54) is 4.90 Å². The molecule has 3 aliphatic rings. The lowest BCUT2D eigenvalue weighted by atomic mass is 9.65. The minimum Gasteiger partial charge on any atom is -0.466 e. The van der Waals surface area contributed by atoms with Crippen molar-refractivity contribution in [1.29, 1.82) is 0 Å². The largest absolute Gasteiger partial charge is 0.466 e. The van der Waals surface area contributed by atoms with Crippen LogP contribution in [0.5, 0.6) is 0 Å². The molecule has 8 heteroatoms. The second-order valence-electron chi connectivity index (χ2n) is 10.8. The van der Waals surface area contributed by atoms with Gasteiger partial charge in [-0.15, -0.1) is 6.58 Å². The normalized spacial score (nSPS) is 30.9.